The molecule has 1 atom stereocenters. The van der Waals surface area contributed by atoms with Gasteiger partial charge in [0.25, 0.3) is 0 Å². The number of nitrogens with one attached hydrogen (secondary N) is 1. The van der Waals surface area contributed by atoms with Crippen LogP contribution in [0.15, 0.2) is 5.38 Å². The zero-order valence-electron chi connectivity index (χ0n) is 12.5. The molecule has 1 fully saturated rings. The molecule has 0 aromatic carbocycles. The van der Waals surface area contributed by atoms with Gasteiger partial charge >= 0.3 is 5.97 Å². The number of hydrogen-bond donors (Lipinski definition) is 2. The van der Waals surface area contributed by atoms with Crippen LogP contribution in [0.4, 0.5) is 5.00 Å². The third-order valence-corrected chi connectivity index (χ3v) is 4.40. The fourth-order valence-electron chi connectivity index (χ4n) is 2.22. The number of amides is 1. The van der Waals surface area contributed by atoms with E-state index in [1.54, 1.807) is 6.92 Å². The Kier molecular flexibility index (Phi) is 5.36. The van der Waals surface area contributed by atoms with Crippen molar-refractivity contribution >= 4 is 28.2 Å². The average Bonchev–Trinajstić information content (AvgIpc) is 3.20. The second-order valence-corrected chi connectivity index (χ2v) is 6.15. The zero-order valence-corrected chi connectivity index (χ0v) is 13.3. The molecule has 0 bridgehead atoms. The molecule has 2 rings (SSSR count). The quantitative estimate of drug-likeness (QED) is 0.759. The molecular weight excluding hydrogens is 288 g/mol. The summed E-state index contributed by atoms with van der Waals surface area (Å²) in [6, 6.07) is -0.545. The van der Waals surface area contributed by atoms with Crippen LogP contribution in [-0.2, 0) is 9.53 Å². The summed E-state index contributed by atoms with van der Waals surface area (Å²) in [5.41, 5.74) is 7.33. The topological polar surface area (TPSA) is 81.4 Å². The Labute approximate surface area is 128 Å². The lowest BCUT2D eigenvalue weighted by Gasteiger charge is -2.12. The van der Waals surface area contributed by atoms with Gasteiger partial charge in [-0.15, -0.1) is 11.3 Å². The van der Waals surface area contributed by atoms with Crippen molar-refractivity contribution in [2.24, 2.45) is 5.73 Å². The Morgan fingerprint density at radius 3 is 2.76 bits per heavy atom. The molecule has 116 valence electrons. The van der Waals surface area contributed by atoms with Gasteiger partial charge in [0.1, 0.15) is 5.00 Å². The fourth-order valence-corrected chi connectivity index (χ4v) is 3.25. The van der Waals surface area contributed by atoms with Crippen molar-refractivity contribution in [3.05, 3.63) is 16.5 Å². The number of thiophene rings is 1. The molecule has 1 unspecified atom stereocenters. The van der Waals surface area contributed by atoms with Gasteiger partial charge in [0, 0.05) is 0 Å². The van der Waals surface area contributed by atoms with Crippen LogP contribution in [0, 0.1) is 0 Å². The molecule has 1 aromatic heterocycles. The fraction of sp³-hybridized carbons (Fsp3) is 0.600. The van der Waals surface area contributed by atoms with E-state index in [9.17, 15) is 9.59 Å². The van der Waals surface area contributed by atoms with Gasteiger partial charge in [-0.25, -0.2) is 4.79 Å². The minimum absolute atomic E-state index is 0.244. The standard InChI is InChI=1S/C15H22N2O3S/c1-3-5-11(16)13(18)17-14-12(15(19)20-4-2)10(8-21-14)9-6-7-9/h8-9,11H,3-7,16H2,1-2H3,(H,17,18). The molecule has 0 saturated heterocycles. The van der Waals surface area contributed by atoms with Crippen molar-refractivity contribution in [2.75, 3.05) is 11.9 Å². The maximum Gasteiger partial charge on any atom is 0.341 e. The predicted octanol–water partition coefficient (Wildman–Crippen LogP) is 2.87. The monoisotopic (exact) mass is 310 g/mol. The van der Waals surface area contributed by atoms with Crippen molar-refractivity contribution in [2.45, 2.75) is 51.5 Å². The van der Waals surface area contributed by atoms with Crippen molar-refractivity contribution in [1.29, 1.82) is 0 Å². The first-order valence-electron chi connectivity index (χ1n) is 7.43. The third-order valence-electron chi connectivity index (χ3n) is 3.49. The Bertz CT molecular complexity index is 523. The number of carbonyl (C=O) groups is 2. The highest BCUT2D eigenvalue weighted by atomic mass is 32.1. The van der Waals surface area contributed by atoms with Crippen molar-refractivity contribution in [1.82, 2.24) is 0 Å². The lowest BCUT2D eigenvalue weighted by atomic mass is 10.1. The second-order valence-electron chi connectivity index (χ2n) is 5.27. The maximum atomic E-state index is 12.2. The number of hydrogen-bond acceptors (Lipinski definition) is 5. The SMILES string of the molecule is CCCC(N)C(=O)Nc1scc(C2CC2)c1C(=O)OCC. The Morgan fingerprint density at radius 2 is 2.19 bits per heavy atom. The summed E-state index contributed by atoms with van der Waals surface area (Å²) in [4.78, 5) is 24.2. The van der Waals surface area contributed by atoms with Crippen LogP contribution in [0.2, 0.25) is 0 Å². The van der Waals surface area contributed by atoms with Crippen LogP contribution in [0.3, 0.4) is 0 Å². The lowest BCUT2D eigenvalue weighted by molar-refractivity contribution is -0.117. The first-order chi connectivity index (χ1) is 10.1. The van der Waals surface area contributed by atoms with Gasteiger partial charge in [0.05, 0.1) is 18.2 Å². The van der Waals surface area contributed by atoms with Crippen molar-refractivity contribution in [3.8, 4) is 0 Å². The molecule has 1 saturated carbocycles. The van der Waals surface area contributed by atoms with Crippen LogP contribution < -0.4 is 11.1 Å². The summed E-state index contributed by atoms with van der Waals surface area (Å²) >= 11 is 1.37. The summed E-state index contributed by atoms with van der Waals surface area (Å²) in [6.45, 7) is 4.07. The molecule has 6 heteroatoms. The molecule has 3 N–H and O–H groups in total. The highest BCUT2D eigenvalue weighted by Crippen LogP contribution is 2.46. The van der Waals surface area contributed by atoms with Gasteiger partial charge < -0.3 is 15.8 Å². The van der Waals surface area contributed by atoms with E-state index < -0.39 is 6.04 Å². The van der Waals surface area contributed by atoms with E-state index in [1.807, 2.05) is 12.3 Å². The first-order valence-corrected chi connectivity index (χ1v) is 8.31. The van der Waals surface area contributed by atoms with Gasteiger partial charge in [-0.2, -0.15) is 0 Å². The second kappa shape index (κ2) is 7.04. The molecule has 1 amide bonds. The average molecular weight is 310 g/mol. The molecule has 1 aliphatic rings. The molecule has 0 aliphatic heterocycles. The summed E-state index contributed by atoms with van der Waals surface area (Å²) < 4.78 is 5.12. The van der Waals surface area contributed by atoms with Crippen LogP contribution in [-0.4, -0.2) is 24.5 Å². The number of nitrogens with two attached hydrogens (primary N) is 1. The molecular formula is C15H22N2O3S. The van der Waals surface area contributed by atoms with E-state index >= 15 is 0 Å². The molecule has 5 nitrogen and oxygen atoms in total. The minimum atomic E-state index is -0.545. The molecule has 1 heterocycles. The molecule has 0 radical (unpaired) electrons. The van der Waals surface area contributed by atoms with Crippen molar-refractivity contribution in [3.63, 3.8) is 0 Å². The number of esters is 1. The molecule has 0 spiro atoms. The Morgan fingerprint density at radius 1 is 1.48 bits per heavy atom. The van der Waals surface area contributed by atoms with Crippen molar-refractivity contribution < 1.29 is 14.3 Å². The van der Waals surface area contributed by atoms with E-state index in [0.29, 0.717) is 29.5 Å². The number of carbonyl (C=O) groups excluding carboxylic acids is 2. The van der Waals surface area contributed by atoms with Crippen LogP contribution in [0.5, 0.6) is 0 Å². The summed E-state index contributed by atoms with van der Waals surface area (Å²) in [5, 5.41) is 5.30. The van der Waals surface area contributed by atoms with Crippen LogP contribution in [0.25, 0.3) is 0 Å². The van der Waals surface area contributed by atoms with Gasteiger partial charge in [-0.05, 0) is 43.0 Å². The molecule has 1 aromatic rings. The number of rotatable bonds is 7. The molecule has 1 aliphatic carbocycles. The normalized spacial score (nSPS) is 15.6. The Hall–Kier alpha value is -1.40. The van der Waals surface area contributed by atoms with E-state index in [4.69, 9.17) is 10.5 Å². The van der Waals surface area contributed by atoms with E-state index in [0.717, 1.165) is 24.8 Å². The summed E-state index contributed by atoms with van der Waals surface area (Å²) in [7, 11) is 0. The van der Waals surface area contributed by atoms with Gasteiger partial charge in [-0.1, -0.05) is 13.3 Å². The third kappa shape index (κ3) is 3.83. The van der Waals surface area contributed by atoms with Gasteiger partial charge in [0.15, 0.2) is 0 Å². The lowest BCUT2D eigenvalue weighted by Crippen LogP contribution is -2.35. The zero-order chi connectivity index (χ0) is 15.4. The minimum Gasteiger partial charge on any atom is -0.462 e. The van der Waals surface area contributed by atoms with Gasteiger partial charge in [0.2, 0.25) is 5.91 Å². The Balaban J connectivity index is 2.18. The molecule has 21 heavy (non-hydrogen) atoms. The van der Waals surface area contributed by atoms with Crippen LogP contribution in [0.1, 0.15) is 61.4 Å². The summed E-state index contributed by atoms with van der Waals surface area (Å²) in [6.07, 6.45) is 3.65. The maximum absolute atomic E-state index is 12.2. The van der Waals surface area contributed by atoms with Gasteiger partial charge in [-0.3, -0.25) is 4.79 Å². The van der Waals surface area contributed by atoms with Crippen LogP contribution >= 0.6 is 11.3 Å². The van der Waals surface area contributed by atoms with E-state index in [1.165, 1.54) is 11.3 Å². The predicted molar refractivity (Wildman–Crippen MR) is 83.8 cm³/mol. The number of anilines is 1. The smallest absolute Gasteiger partial charge is 0.341 e. The highest BCUT2D eigenvalue weighted by Gasteiger charge is 2.32. The highest BCUT2D eigenvalue weighted by molar-refractivity contribution is 7.15. The van der Waals surface area contributed by atoms with E-state index in [-0.39, 0.29) is 11.9 Å². The first kappa shape index (κ1) is 16.0. The van der Waals surface area contributed by atoms with E-state index in [2.05, 4.69) is 5.32 Å². The number of ether oxygens (including phenoxy) is 1. The summed E-state index contributed by atoms with van der Waals surface area (Å²) in [5.74, 6) is -0.178. The largest absolute Gasteiger partial charge is 0.462 e.